The minimum Gasteiger partial charge on any atom is -0.399 e. The van der Waals surface area contributed by atoms with Gasteiger partial charge in [0.1, 0.15) is 0 Å². The molecule has 1 aromatic rings. The lowest BCUT2D eigenvalue weighted by Gasteiger charge is -2.04. The van der Waals surface area contributed by atoms with Gasteiger partial charge in [0.15, 0.2) is 9.84 Å². The van der Waals surface area contributed by atoms with Crippen LogP contribution in [0.1, 0.15) is 6.42 Å². The van der Waals surface area contributed by atoms with Gasteiger partial charge in [-0.25, -0.2) is 8.42 Å². The number of hydrogen-bond acceptors (Lipinski definition) is 4. The van der Waals surface area contributed by atoms with Crippen LogP contribution in [0.2, 0.25) is 0 Å². The van der Waals surface area contributed by atoms with E-state index in [1.54, 1.807) is 19.2 Å². The monoisotopic (exact) mass is 229 g/mol. The predicted molar refractivity (Wildman–Crippen MR) is 59.4 cm³/mol. The van der Waals surface area contributed by atoms with E-state index < -0.39 is 9.84 Å². The fraction of sp³-hybridized carbons (Fsp3) is 0.400. The number of nitrogens with two attached hydrogens (primary N) is 1. The van der Waals surface area contributed by atoms with E-state index in [0.717, 1.165) is 0 Å². The van der Waals surface area contributed by atoms with Crippen molar-refractivity contribution < 1.29 is 13.2 Å². The summed E-state index contributed by atoms with van der Waals surface area (Å²) in [6, 6.07) is 6.22. The molecule has 4 nitrogen and oxygen atoms in total. The summed E-state index contributed by atoms with van der Waals surface area (Å²) in [5, 5.41) is 0. The van der Waals surface area contributed by atoms with Crippen molar-refractivity contribution >= 4 is 15.5 Å². The zero-order chi connectivity index (χ0) is 11.3. The molecule has 0 fully saturated rings. The Kier molecular flexibility index (Phi) is 4.11. The van der Waals surface area contributed by atoms with Gasteiger partial charge in [-0.2, -0.15) is 0 Å². The van der Waals surface area contributed by atoms with Crippen LogP contribution in [-0.2, 0) is 14.6 Å². The second-order valence-corrected chi connectivity index (χ2v) is 5.34. The fourth-order valence-electron chi connectivity index (χ4n) is 1.19. The van der Waals surface area contributed by atoms with E-state index in [0.29, 0.717) is 23.6 Å². The fourth-order valence-corrected chi connectivity index (χ4v) is 2.47. The van der Waals surface area contributed by atoms with E-state index in [1.165, 1.54) is 12.1 Å². The van der Waals surface area contributed by atoms with Crippen LogP contribution in [0.3, 0.4) is 0 Å². The van der Waals surface area contributed by atoms with Crippen molar-refractivity contribution in [2.75, 3.05) is 25.2 Å². The Morgan fingerprint density at radius 2 is 1.87 bits per heavy atom. The van der Waals surface area contributed by atoms with Crippen LogP contribution < -0.4 is 5.73 Å². The molecule has 1 aromatic carbocycles. The zero-order valence-corrected chi connectivity index (χ0v) is 9.46. The summed E-state index contributed by atoms with van der Waals surface area (Å²) < 4.78 is 28.3. The molecule has 84 valence electrons. The maximum Gasteiger partial charge on any atom is 0.178 e. The normalized spacial score (nSPS) is 11.5. The van der Waals surface area contributed by atoms with Gasteiger partial charge >= 0.3 is 0 Å². The van der Waals surface area contributed by atoms with Gasteiger partial charge in [0.05, 0.1) is 10.6 Å². The highest BCUT2D eigenvalue weighted by atomic mass is 32.2. The van der Waals surface area contributed by atoms with Gasteiger partial charge in [0, 0.05) is 19.4 Å². The van der Waals surface area contributed by atoms with Gasteiger partial charge in [-0.3, -0.25) is 0 Å². The Labute approximate surface area is 90.0 Å². The zero-order valence-electron chi connectivity index (χ0n) is 8.64. The lowest BCUT2D eigenvalue weighted by atomic mass is 10.3. The molecule has 0 saturated heterocycles. The first-order valence-corrected chi connectivity index (χ1v) is 6.29. The molecule has 1 rings (SSSR count). The Balaban J connectivity index is 2.73. The summed E-state index contributed by atoms with van der Waals surface area (Å²) in [6.07, 6.45) is 0.503. The van der Waals surface area contributed by atoms with Gasteiger partial charge in [-0.1, -0.05) is 0 Å². The highest BCUT2D eigenvalue weighted by molar-refractivity contribution is 7.91. The van der Waals surface area contributed by atoms with Crippen molar-refractivity contribution in [1.82, 2.24) is 0 Å². The summed E-state index contributed by atoms with van der Waals surface area (Å²) >= 11 is 0. The van der Waals surface area contributed by atoms with E-state index in [9.17, 15) is 8.42 Å². The highest BCUT2D eigenvalue weighted by Crippen LogP contribution is 2.13. The Morgan fingerprint density at radius 1 is 1.27 bits per heavy atom. The molecule has 0 spiro atoms. The Bertz CT molecular complexity index is 397. The third-order valence-corrected chi connectivity index (χ3v) is 3.82. The highest BCUT2D eigenvalue weighted by Gasteiger charge is 2.13. The molecular weight excluding hydrogens is 214 g/mol. The molecule has 0 saturated carbocycles. The van der Waals surface area contributed by atoms with Crippen molar-refractivity contribution in [3.8, 4) is 0 Å². The van der Waals surface area contributed by atoms with Crippen LogP contribution >= 0.6 is 0 Å². The largest absolute Gasteiger partial charge is 0.399 e. The van der Waals surface area contributed by atoms with Crippen LogP contribution in [0, 0.1) is 0 Å². The second kappa shape index (κ2) is 5.14. The number of anilines is 1. The number of nitrogen functional groups attached to an aromatic ring is 1. The molecule has 0 radical (unpaired) electrons. The lowest BCUT2D eigenvalue weighted by molar-refractivity contribution is 0.199. The molecular formula is C10H15NO3S. The van der Waals surface area contributed by atoms with Crippen molar-refractivity contribution in [2.45, 2.75) is 11.3 Å². The minimum absolute atomic E-state index is 0.102. The molecule has 0 aromatic heterocycles. The number of ether oxygens (including phenoxy) is 1. The molecule has 0 aliphatic carbocycles. The number of sulfone groups is 1. The summed E-state index contributed by atoms with van der Waals surface area (Å²) in [6.45, 7) is 0.453. The SMILES string of the molecule is COCCCS(=O)(=O)c1ccc(N)cc1. The van der Waals surface area contributed by atoms with Crippen LogP contribution in [0.4, 0.5) is 5.69 Å². The third-order valence-electron chi connectivity index (χ3n) is 2.00. The summed E-state index contributed by atoms with van der Waals surface area (Å²) in [5.74, 6) is 0.102. The standard InChI is InChI=1S/C10H15NO3S/c1-14-7-2-8-15(12,13)10-5-3-9(11)4-6-10/h3-6H,2,7-8,11H2,1H3. The molecule has 0 amide bonds. The van der Waals surface area contributed by atoms with Gasteiger partial charge in [-0.15, -0.1) is 0 Å². The van der Waals surface area contributed by atoms with Gasteiger partial charge < -0.3 is 10.5 Å². The number of rotatable bonds is 5. The molecule has 0 unspecified atom stereocenters. The van der Waals surface area contributed by atoms with Crippen molar-refractivity contribution in [3.05, 3.63) is 24.3 Å². The number of methoxy groups -OCH3 is 1. The van der Waals surface area contributed by atoms with Crippen molar-refractivity contribution in [2.24, 2.45) is 0 Å². The van der Waals surface area contributed by atoms with Crippen LogP contribution in [0.15, 0.2) is 29.2 Å². The first-order valence-electron chi connectivity index (χ1n) is 4.63. The third kappa shape index (κ3) is 3.53. The van der Waals surface area contributed by atoms with Gasteiger partial charge in [0.25, 0.3) is 0 Å². The average Bonchev–Trinajstić information content (AvgIpc) is 2.18. The molecule has 2 N–H and O–H groups in total. The molecule has 5 heteroatoms. The van der Waals surface area contributed by atoms with Crippen molar-refractivity contribution in [1.29, 1.82) is 0 Å². The molecule has 0 aliphatic heterocycles. The van der Waals surface area contributed by atoms with E-state index in [-0.39, 0.29) is 5.75 Å². The maximum atomic E-state index is 11.7. The lowest BCUT2D eigenvalue weighted by Crippen LogP contribution is -2.08. The summed E-state index contributed by atoms with van der Waals surface area (Å²) in [5.41, 5.74) is 6.04. The molecule has 0 aliphatic rings. The average molecular weight is 229 g/mol. The van der Waals surface area contributed by atoms with Crippen LogP contribution in [0.5, 0.6) is 0 Å². The molecule has 0 bridgehead atoms. The van der Waals surface area contributed by atoms with E-state index in [2.05, 4.69) is 0 Å². The number of hydrogen-bond donors (Lipinski definition) is 1. The van der Waals surface area contributed by atoms with Gasteiger partial charge in [0.2, 0.25) is 0 Å². The van der Waals surface area contributed by atoms with E-state index >= 15 is 0 Å². The van der Waals surface area contributed by atoms with E-state index in [4.69, 9.17) is 10.5 Å². The summed E-state index contributed by atoms with van der Waals surface area (Å²) in [7, 11) is -1.63. The first-order chi connectivity index (χ1) is 7.06. The van der Waals surface area contributed by atoms with Crippen LogP contribution in [-0.4, -0.2) is 27.9 Å². The Hall–Kier alpha value is -1.07. The van der Waals surface area contributed by atoms with E-state index in [1.807, 2.05) is 0 Å². The quantitative estimate of drug-likeness (QED) is 0.606. The number of benzene rings is 1. The smallest absolute Gasteiger partial charge is 0.178 e. The minimum atomic E-state index is -3.18. The predicted octanol–water partition coefficient (Wildman–Crippen LogP) is 1.08. The van der Waals surface area contributed by atoms with Gasteiger partial charge in [-0.05, 0) is 30.7 Å². The van der Waals surface area contributed by atoms with Crippen LogP contribution in [0.25, 0.3) is 0 Å². The summed E-state index contributed by atoms with van der Waals surface area (Å²) in [4.78, 5) is 0.313. The second-order valence-electron chi connectivity index (χ2n) is 3.23. The maximum absolute atomic E-state index is 11.7. The molecule has 15 heavy (non-hydrogen) atoms. The Morgan fingerprint density at radius 3 is 2.40 bits per heavy atom. The molecule has 0 heterocycles. The topological polar surface area (TPSA) is 69.4 Å². The van der Waals surface area contributed by atoms with Crippen molar-refractivity contribution in [3.63, 3.8) is 0 Å². The first kappa shape index (κ1) is 12.0. The molecule has 0 atom stereocenters.